The topological polar surface area (TPSA) is 98.5 Å². The molecule has 0 radical (unpaired) electrons. The lowest BCUT2D eigenvalue weighted by atomic mass is 9.92. The van der Waals surface area contributed by atoms with Gasteiger partial charge in [-0.2, -0.15) is 5.26 Å². The first-order valence-electron chi connectivity index (χ1n) is 6.58. The maximum Gasteiger partial charge on any atom is 0.305 e. The lowest BCUT2D eigenvalue weighted by molar-refractivity contribution is -0.137. The highest BCUT2D eigenvalue weighted by Gasteiger charge is 2.33. The third-order valence-electron chi connectivity index (χ3n) is 3.61. The van der Waals surface area contributed by atoms with Gasteiger partial charge in [-0.3, -0.25) is 19.3 Å². The minimum absolute atomic E-state index is 0.195. The molecule has 6 heteroatoms. The number of nitrogens with zero attached hydrogens (tertiary/aromatic N) is 2. The normalized spacial score (nSPS) is 13.3. The number of benzene rings is 2. The number of aliphatic carboxylic acids is 1. The number of amides is 2. The smallest absolute Gasteiger partial charge is 0.305 e. The molecule has 0 aliphatic carbocycles. The number of carbonyl (C=O) groups is 3. The van der Waals surface area contributed by atoms with Gasteiger partial charge in [0.25, 0.3) is 11.8 Å². The van der Waals surface area contributed by atoms with Crippen molar-refractivity contribution in [1.29, 1.82) is 5.26 Å². The Morgan fingerprint density at radius 1 is 1.18 bits per heavy atom. The Balaban J connectivity index is 2.20. The van der Waals surface area contributed by atoms with Gasteiger partial charge in [-0.1, -0.05) is 12.1 Å². The Kier molecular flexibility index (Phi) is 3.11. The number of imide groups is 1. The van der Waals surface area contributed by atoms with Crippen LogP contribution in [0, 0.1) is 11.3 Å². The van der Waals surface area contributed by atoms with E-state index in [0.29, 0.717) is 21.9 Å². The summed E-state index contributed by atoms with van der Waals surface area (Å²) >= 11 is 0. The zero-order chi connectivity index (χ0) is 15.9. The molecule has 1 heterocycles. The highest BCUT2D eigenvalue weighted by atomic mass is 16.4. The average Bonchev–Trinajstić information content (AvgIpc) is 2.51. The minimum atomic E-state index is -1.09. The summed E-state index contributed by atoms with van der Waals surface area (Å²) in [7, 11) is 0. The van der Waals surface area contributed by atoms with Gasteiger partial charge in [0.15, 0.2) is 0 Å². The largest absolute Gasteiger partial charge is 0.481 e. The SMILES string of the molecule is N#Cc1cc2c3c(cccc3c1)C(=O)N(CCC(=O)O)C2=O. The van der Waals surface area contributed by atoms with Crippen molar-refractivity contribution in [3.8, 4) is 6.07 Å². The first-order valence-corrected chi connectivity index (χ1v) is 6.58. The summed E-state index contributed by atoms with van der Waals surface area (Å²) in [5.74, 6) is -2.16. The molecule has 3 rings (SSSR count). The standard InChI is InChI=1S/C16H10N2O4/c17-8-9-6-10-2-1-3-11-14(10)12(7-9)16(22)18(15(11)21)5-4-13(19)20/h1-3,6-7H,4-5H2,(H,19,20). The van der Waals surface area contributed by atoms with E-state index >= 15 is 0 Å². The number of carbonyl (C=O) groups excluding carboxylic acids is 2. The van der Waals surface area contributed by atoms with Crippen molar-refractivity contribution >= 4 is 28.6 Å². The molecule has 1 N–H and O–H groups in total. The molecule has 2 aromatic carbocycles. The van der Waals surface area contributed by atoms with Crippen molar-refractivity contribution in [2.24, 2.45) is 0 Å². The average molecular weight is 294 g/mol. The Morgan fingerprint density at radius 3 is 2.59 bits per heavy atom. The van der Waals surface area contributed by atoms with Crippen molar-refractivity contribution in [2.45, 2.75) is 6.42 Å². The summed E-state index contributed by atoms with van der Waals surface area (Å²) in [6.45, 7) is -0.195. The molecule has 1 aliphatic rings. The molecular formula is C16H10N2O4. The zero-order valence-electron chi connectivity index (χ0n) is 11.4. The van der Waals surface area contributed by atoms with Crippen LogP contribution in [0.3, 0.4) is 0 Å². The fourth-order valence-electron chi connectivity index (χ4n) is 2.63. The molecule has 0 fully saturated rings. The number of rotatable bonds is 3. The van der Waals surface area contributed by atoms with Gasteiger partial charge in [-0.05, 0) is 23.6 Å². The second-order valence-corrected chi connectivity index (χ2v) is 4.94. The molecule has 2 amide bonds. The zero-order valence-corrected chi connectivity index (χ0v) is 11.4. The maximum atomic E-state index is 12.5. The Morgan fingerprint density at radius 2 is 1.91 bits per heavy atom. The van der Waals surface area contributed by atoms with Crippen LogP contribution in [0.5, 0.6) is 0 Å². The van der Waals surface area contributed by atoms with Crippen molar-refractivity contribution < 1.29 is 19.5 Å². The second kappa shape index (κ2) is 4.97. The van der Waals surface area contributed by atoms with E-state index in [0.717, 1.165) is 4.90 Å². The Labute approximate surface area is 125 Å². The van der Waals surface area contributed by atoms with E-state index in [1.54, 1.807) is 24.3 Å². The quantitative estimate of drug-likeness (QED) is 0.870. The molecule has 0 bridgehead atoms. The van der Waals surface area contributed by atoms with E-state index in [1.807, 2.05) is 6.07 Å². The van der Waals surface area contributed by atoms with Crippen LogP contribution in [0.2, 0.25) is 0 Å². The lowest BCUT2D eigenvalue weighted by Gasteiger charge is -2.26. The molecule has 2 aromatic rings. The van der Waals surface area contributed by atoms with E-state index < -0.39 is 17.8 Å². The van der Waals surface area contributed by atoms with Crippen molar-refractivity contribution in [3.63, 3.8) is 0 Å². The monoisotopic (exact) mass is 294 g/mol. The highest BCUT2D eigenvalue weighted by molar-refractivity contribution is 6.25. The van der Waals surface area contributed by atoms with Crippen LogP contribution < -0.4 is 0 Å². The van der Waals surface area contributed by atoms with Gasteiger partial charge in [0, 0.05) is 23.1 Å². The van der Waals surface area contributed by atoms with Crippen LogP contribution in [0.4, 0.5) is 0 Å². The summed E-state index contributed by atoms with van der Waals surface area (Å²) in [4.78, 5) is 36.5. The van der Waals surface area contributed by atoms with Crippen molar-refractivity contribution in [3.05, 3.63) is 47.0 Å². The van der Waals surface area contributed by atoms with Gasteiger partial charge in [-0.25, -0.2) is 0 Å². The summed E-state index contributed by atoms with van der Waals surface area (Å²) in [5, 5.41) is 19.0. The van der Waals surface area contributed by atoms with Crippen LogP contribution in [0.15, 0.2) is 30.3 Å². The van der Waals surface area contributed by atoms with Crippen molar-refractivity contribution in [1.82, 2.24) is 4.90 Å². The molecule has 0 atom stereocenters. The molecule has 22 heavy (non-hydrogen) atoms. The molecule has 6 nitrogen and oxygen atoms in total. The van der Waals surface area contributed by atoms with Crippen LogP contribution in [-0.4, -0.2) is 34.3 Å². The molecule has 0 saturated heterocycles. The Hall–Kier alpha value is -3.20. The van der Waals surface area contributed by atoms with Gasteiger partial charge in [0.2, 0.25) is 0 Å². The minimum Gasteiger partial charge on any atom is -0.481 e. The van der Waals surface area contributed by atoms with Gasteiger partial charge >= 0.3 is 5.97 Å². The molecule has 1 aliphatic heterocycles. The summed E-state index contributed by atoms with van der Waals surface area (Å²) in [6.07, 6.45) is -0.319. The number of carboxylic acids is 1. The maximum absolute atomic E-state index is 12.5. The van der Waals surface area contributed by atoms with Gasteiger partial charge < -0.3 is 5.11 Å². The first-order chi connectivity index (χ1) is 10.5. The summed E-state index contributed by atoms with van der Waals surface area (Å²) < 4.78 is 0. The van der Waals surface area contributed by atoms with E-state index in [1.165, 1.54) is 6.07 Å². The van der Waals surface area contributed by atoms with E-state index in [4.69, 9.17) is 10.4 Å². The summed E-state index contributed by atoms with van der Waals surface area (Å²) in [6, 6.07) is 10.0. The molecule has 108 valence electrons. The fraction of sp³-hybridized carbons (Fsp3) is 0.125. The number of hydrogen-bond acceptors (Lipinski definition) is 4. The highest BCUT2D eigenvalue weighted by Crippen LogP contribution is 2.31. The van der Waals surface area contributed by atoms with Crippen LogP contribution >= 0.6 is 0 Å². The first kappa shape index (κ1) is 13.8. The second-order valence-electron chi connectivity index (χ2n) is 4.94. The predicted molar refractivity (Wildman–Crippen MR) is 76.3 cm³/mol. The number of carboxylic acid groups (broad SMARTS) is 1. The van der Waals surface area contributed by atoms with Crippen molar-refractivity contribution in [2.75, 3.05) is 6.54 Å². The fourth-order valence-corrected chi connectivity index (χ4v) is 2.63. The molecule has 0 saturated carbocycles. The predicted octanol–water partition coefficient (Wildman–Crippen LogP) is 1.78. The van der Waals surface area contributed by atoms with Gasteiger partial charge in [-0.15, -0.1) is 0 Å². The van der Waals surface area contributed by atoms with Crippen LogP contribution in [0.25, 0.3) is 10.8 Å². The molecule has 0 aromatic heterocycles. The van der Waals surface area contributed by atoms with Crippen LogP contribution in [-0.2, 0) is 4.79 Å². The van der Waals surface area contributed by atoms with E-state index in [2.05, 4.69) is 0 Å². The Bertz CT molecular complexity index is 880. The van der Waals surface area contributed by atoms with Gasteiger partial charge in [0.05, 0.1) is 18.1 Å². The third kappa shape index (κ3) is 2.00. The molecule has 0 spiro atoms. The van der Waals surface area contributed by atoms with E-state index in [9.17, 15) is 14.4 Å². The van der Waals surface area contributed by atoms with Crippen LogP contribution in [0.1, 0.15) is 32.7 Å². The molecule has 0 unspecified atom stereocenters. The van der Waals surface area contributed by atoms with E-state index in [-0.39, 0.29) is 18.5 Å². The van der Waals surface area contributed by atoms with Gasteiger partial charge in [0.1, 0.15) is 0 Å². The number of hydrogen-bond donors (Lipinski definition) is 1. The third-order valence-corrected chi connectivity index (χ3v) is 3.61. The summed E-state index contributed by atoms with van der Waals surface area (Å²) in [5.41, 5.74) is 0.928. The number of nitriles is 1. The lowest BCUT2D eigenvalue weighted by Crippen LogP contribution is -2.41. The molecular weight excluding hydrogens is 284 g/mol.